The van der Waals surface area contributed by atoms with Gasteiger partial charge in [0.15, 0.2) is 0 Å². The Labute approximate surface area is 67.0 Å². The molecular formula is C5H8INO2. The fraction of sp³-hybridized carbons (Fsp3) is 0.800. The molecule has 9 heavy (non-hydrogen) atoms. The normalized spacial score (nSPS) is 34.9. The van der Waals surface area contributed by atoms with E-state index in [4.69, 9.17) is 5.11 Å². The van der Waals surface area contributed by atoms with Gasteiger partial charge in [0.2, 0.25) is 3.79 Å². The van der Waals surface area contributed by atoms with Crippen LogP contribution in [0.3, 0.4) is 0 Å². The van der Waals surface area contributed by atoms with Crippen molar-refractivity contribution in [2.45, 2.75) is 18.6 Å². The second kappa shape index (κ2) is 2.94. The second-order valence-electron chi connectivity index (χ2n) is 2.15. The van der Waals surface area contributed by atoms with E-state index in [0.717, 1.165) is 0 Å². The zero-order chi connectivity index (χ0) is 6.85. The maximum atomic E-state index is 10.6. The van der Waals surface area contributed by atoms with Gasteiger partial charge in [-0.15, -0.1) is 0 Å². The van der Waals surface area contributed by atoms with Crippen LogP contribution in [0.2, 0.25) is 0 Å². The highest BCUT2D eigenvalue weighted by molar-refractivity contribution is 14.1. The van der Waals surface area contributed by atoms with E-state index in [1.807, 2.05) is 0 Å². The van der Waals surface area contributed by atoms with Gasteiger partial charge in [-0.25, -0.2) is 0 Å². The average Bonchev–Trinajstić information content (AvgIpc) is 2.14. The monoisotopic (exact) mass is 241 g/mol. The Bertz CT molecular complexity index is 128. The molecule has 0 unspecified atom stereocenters. The van der Waals surface area contributed by atoms with Crippen molar-refractivity contribution in [2.24, 2.45) is 0 Å². The van der Waals surface area contributed by atoms with Crippen molar-refractivity contribution in [1.82, 2.24) is 5.32 Å². The molecular weight excluding hydrogens is 233 g/mol. The number of hydrogen-bond acceptors (Lipinski definition) is 3. The molecule has 2 N–H and O–H groups in total. The molecule has 0 bridgehead atoms. The van der Waals surface area contributed by atoms with E-state index in [1.54, 1.807) is 22.6 Å². The number of carbonyl (C=O) groups excluding carboxylic acids is 1. The van der Waals surface area contributed by atoms with Crippen LogP contribution in [-0.4, -0.2) is 27.6 Å². The Morgan fingerprint density at radius 1 is 1.78 bits per heavy atom. The number of hydrogen-bond donors (Lipinski definition) is 2. The van der Waals surface area contributed by atoms with Crippen LogP contribution in [0.1, 0.15) is 6.42 Å². The third-order valence-electron chi connectivity index (χ3n) is 1.38. The lowest BCUT2D eigenvalue weighted by Crippen LogP contribution is -2.26. The van der Waals surface area contributed by atoms with E-state index in [-0.39, 0.29) is 15.9 Å². The van der Waals surface area contributed by atoms with Crippen molar-refractivity contribution >= 4 is 26.4 Å². The highest BCUT2D eigenvalue weighted by Crippen LogP contribution is 2.09. The highest BCUT2D eigenvalue weighted by Gasteiger charge is 2.25. The molecule has 3 nitrogen and oxygen atoms in total. The van der Waals surface area contributed by atoms with Crippen molar-refractivity contribution in [3.8, 4) is 0 Å². The molecule has 1 heterocycles. The van der Waals surface area contributed by atoms with E-state index in [1.165, 1.54) is 0 Å². The van der Waals surface area contributed by atoms with Gasteiger partial charge in [-0.05, 0) is 6.42 Å². The number of aliphatic hydroxyl groups excluding tert-OH is 1. The minimum absolute atomic E-state index is 0.0872. The molecule has 52 valence electrons. The zero-order valence-electron chi connectivity index (χ0n) is 4.80. The van der Waals surface area contributed by atoms with Crippen LogP contribution >= 0.6 is 22.6 Å². The van der Waals surface area contributed by atoms with Gasteiger partial charge in [-0.2, -0.15) is 0 Å². The minimum Gasteiger partial charge on any atom is -0.392 e. The predicted molar refractivity (Wildman–Crippen MR) is 41.4 cm³/mol. The molecule has 0 saturated carbocycles. The van der Waals surface area contributed by atoms with Crippen LogP contribution in [0.25, 0.3) is 0 Å². The molecule has 0 radical (unpaired) electrons. The fourth-order valence-electron chi connectivity index (χ4n) is 0.890. The minimum atomic E-state index is -0.325. The summed E-state index contributed by atoms with van der Waals surface area (Å²) >= 11 is 1.74. The van der Waals surface area contributed by atoms with Crippen LogP contribution in [0.15, 0.2) is 0 Å². The van der Waals surface area contributed by atoms with E-state index < -0.39 is 0 Å². The SMILES string of the molecule is O=C(I)[C@@H]1C[C@@H](O)CN1. The van der Waals surface area contributed by atoms with Crippen molar-refractivity contribution in [3.63, 3.8) is 0 Å². The van der Waals surface area contributed by atoms with Gasteiger partial charge in [-0.1, -0.05) is 0 Å². The Morgan fingerprint density at radius 2 is 2.44 bits per heavy atom. The third-order valence-corrected chi connectivity index (χ3v) is 2.13. The lowest BCUT2D eigenvalue weighted by molar-refractivity contribution is -0.111. The van der Waals surface area contributed by atoms with Crippen molar-refractivity contribution in [2.75, 3.05) is 6.54 Å². The average molecular weight is 241 g/mol. The number of rotatable bonds is 1. The van der Waals surface area contributed by atoms with Crippen LogP contribution < -0.4 is 5.32 Å². The molecule has 1 aliphatic heterocycles. The van der Waals surface area contributed by atoms with Gasteiger partial charge in [0.1, 0.15) is 0 Å². The fourth-order valence-corrected chi connectivity index (χ4v) is 1.36. The van der Waals surface area contributed by atoms with Gasteiger partial charge in [0.05, 0.1) is 12.1 Å². The first-order valence-corrected chi connectivity index (χ1v) is 3.89. The molecule has 1 saturated heterocycles. The van der Waals surface area contributed by atoms with Crippen LogP contribution in [-0.2, 0) is 4.79 Å². The van der Waals surface area contributed by atoms with Gasteiger partial charge < -0.3 is 10.4 Å². The third kappa shape index (κ3) is 1.87. The molecule has 1 rings (SSSR count). The standard InChI is InChI=1S/C5H8INO2/c6-5(9)4-1-3(8)2-7-4/h3-4,7-8H,1-2H2/t3-,4+/m1/s1. The Kier molecular flexibility index (Phi) is 2.42. The summed E-state index contributed by atoms with van der Waals surface area (Å²) in [5.74, 6) is 0. The smallest absolute Gasteiger partial charge is 0.209 e. The van der Waals surface area contributed by atoms with Crippen LogP contribution in [0.4, 0.5) is 0 Å². The maximum Gasteiger partial charge on any atom is 0.209 e. The molecule has 0 aromatic carbocycles. The zero-order valence-corrected chi connectivity index (χ0v) is 6.96. The number of aliphatic hydroxyl groups is 1. The number of nitrogens with one attached hydrogen (secondary N) is 1. The first-order chi connectivity index (χ1) is 4.20. The first-order valence-electron chi connectivity index (χ1n) is 2.81. The summed E-state index contributed by atoms with van der Waals surface area (Å²) < 4.78 is 0.0872. The van der Waals surface area contributed by atoms with Crippen LogP contribution in [0.5, 0.6) is 0 Å². The molecule has 1 aliphatic rings. The first kappa shape index (κ1) is 7.43. The predicted octanol–water partition coefficient (Wildman–Crippen LogP) is -0.329. The Balaban J connectivity index is 2.39. The molecule has 0 aliphatic carbocycles. The molecule has 0 aromatic heterocycles. The van der Waals surface area contributed by atoms with Gasteiger partial charge >= 0.3 is 0 Å². The van der Waals surface area contributed by atoms with Crippen molar-refractivity contribution in [1.29, 1.82) is 0 Å². The van der Waals surface area contributed by atoms with E-state index in [0.29, 0.717) is 13.0 Å². The molecule has 0 amide bonds. The summed E-state index contributed by atoms with van der Waals surface area (Å²) in [6.07, 6.45) is 0.246. The Morgan fingerprint density at radius 3 is 2.67 bits per heavy atom. The Hall–Kier alpha value is 0.320. The van der Waals surface area contributed by atoms with E-state index in [9.17, 15) is 4.79 Å². The molecule has 0 aromatic rings. The lowest BCUT2D eigenvalue weighted by Gasteiger charge is -2.00. The summed E-state index contributed by atoms with van der Waals surface area (Å²) in [7, 11) is 0. The number of carbonyl (C=O) groups is 1. The molecule has 0 spiro atoms. The number of β-amino-alcohol motifs (C(OH)–C–C–N with tert-alkyl or cyclic N) is 1. The largest absolute Gasteiger partial charge is 0.392 e. The summed E-state index contributed by atoms with van der Waals surface area (Å²) in [5, 5.41) is 11.8. The molecule has 4 heteroatoms. The quantitative estimate of drug-likeness (QED) is 0.488. The highest BCUT2D eigenvalue weighted by atomic mass is 127. The topological polar surface area (TPSA) is 49.3 Å². The van der Waals surface area contributed by atoms with Gasteiger partial charge in [0, 0.05) is 29.1 Å². The molecule has 1 fully saturated rings. The molecule has 2 atom stereocenters. The summed E-state index contributed by atoms with van der Waals surface area (Å²) in [4.78, 5) is 10.6. The maximum absolute atomic E-state index is 10.6. The lowest BCUT2D eigenvalue weighted by atomic mass is 10.2. The van der Waals surface area contributed by atoms with E-state index >= 15 is 0 Å². The van der Waals surface area contributed by atoms with Crippen molar-refractivity contribution in [3.05, 3.63) is 0 Å². The van der Waals surface area contributed by atoms with Gasteiger partial charge in [0.25, 0.3) is 0 Å². The van der Waals surface area contributed by atoms with Crippen molar-refractivity contribution < 1.29 is 9.90 Å². The second-order valence-corrected chi connectivity index (χ2v) is 3.22. The van der Waals surface area contributed by atoms with Gasteiger partial charge in [-0.3, -0.25) is 4.79 Å². The van der Waals surface area contributed by atoms with Crippen LogP contribution in [0, 0.1) is 0 Å². The summed E-state index contributed by atoms with van der Waals surface area (Å²) in [5.41, 5.74) is 0. The summed E-state index contributed by atoms with van der Waals surface area (Å²) in [6.45, 7) is 0.555. The summed E-state index contributed by atoms with van der Waals surface area (Å²) in [6, 6.07) is -0.111. The van der Waals surface area contributed by atoms with E-state index in [2.05, 4.69) is 5.32 Å². The number of halogens is 1.